The van der Waals surface area contributed by atoms with Crippen LogP contribution in [0, 0.1) is 0 Å². The molecule has 0 bridgehead atoms. The maximum absolute atomic E-state index is 13.1. The van der Waals surface area contributed by atoms with Crippen molar-refractivity contribution in [2.45, 2.75) is 5.25 Å². The molecular formula is C6H12F2N2O3S. The number of hydrogen-bond donors (Lipinski definition) is 0. The molecule has 0 atom stereocenters. The lowest BCUT2D eigenvalue weighted by molar-refractivity contribution is -0.144. The van der Waals surface area contributed by atoms with Crippen molar-refractivity contribution in [3.05, 3.63) is 0 Å². The van der Waals surface area contributed by atoms with Crippen molar-refractivity contribution >= 4 is 15.9 Å². The van der Waals surface area contributed by atoms with E-state index < -0.39 is 21.2 Å². The molecule has 0 spiro atoms. The molecule has 0 aliphatic heterocycles. The third kappa shape index (κ3) is 2.01. The molecule has 0 saturated heterocycles. The summed E-state index contributed by atoms with van der Waals surface area (Å²) < 4.78 is 48.5. The van der Waals surface area contributed by atoms with Crippen molar-refractivity contribution < 1.29 is 22.0 Å². The zero-order chi connectivity index (χ0) is 11.7. The number of rotatable bonds is 3. The minimum atomic E-state index is -4.91. The second-order valence-corrected chi connectivity index (χ2v) is 5.20. The van der Waals surface area contributed by atoms with Gasteiger partial charge in [-0.1, -0.05) is 0 Å². The summed E-state index contributed by atoms with van der Waals surface area (Å²) in [4.78, 5) is 11.4. The largest absolute Gasteiger partial charge is 0.435 e. The molecule has 14 heavy (non-hydrogen) atoms. The van der Waals surface area contributed by atoms with Crippen LogP contribution in [-0.2, 0) is 14.8 Å². The molecule has 1 amide bonds. The maximum Gasteiger partial charge on any atom is 0.435 e. The molecule has 0 fully saturated rings. The number of carbonyl (C=O) groups excluding carboxylic acids is 1. The predicted octanol–water partition coefficient (Wildman–Crippen LogP) is -0.441. The minimum absolute atomic E-state index is 0.314. The zero-order valence-electron chi connectivity index (χ0n) is 8.28. The Morgan fingerprint density at radius 2 is 1.50 bits per heavy atom. The van der Waals surface area contributed by atoms with E-state index in [2.05, 4.69) is 0 Å². The molecule has 0 heterocycles. The Hall–Kier alpha value is -0.760. The quantitative estimate of drug-likeness (QED) is 0.660. The normalized spacial score (nSPS) is 13.1. The van der Waals surface area contributed by atoms with E-state index in [-0.39, 0.29) is 0 Å². The Kier molecular flexibility index (Phi) is 3.57. The fourth-order valence-corrected chi connectivity index (χ4v) is 1.46. The van der Waals surface area contributed by atoms with Crippen LogP contribution < -0.4 is 0 Å². The van der Waals surface area contributed by atoms with E-state index in [9.17, 15) is 22.0 Å². The van der Waals surface area contributed by atoms with Crippen LogP contribution in [0.4, 0.5) is 8.78 Å². The van der Waals surface area contributed by atoms with E-state index in [1.54, 1.807) is 0 Å². The van der Waals surface area contributed by atoms with Crippen LogP contribution in [0.5, 0.6) is 0 Å². The van der Waals surface area contributed by atoms with Crippen LogP contribution >= 0.6 is 0 Å². The summed E-state index contributed by atoms with van der Waals surface area (Å²) in [6.45, 7) is 0. The summed E-state index contributed by atoms with van der Waals surface area (Å²) in [5.41, 5.74) is 0. The summed E-state index contributed by atoms with van der Waals surface area (Å²) in [7, 11) is -0.925. The van der Waals surface area contributed by atoms with Crippen LogP contribution in [-0.4, -0.2) is 57.0 Å². The number of amides is 1. The second kappa shape index (κ2) is 3.77. The molecule has 0 aromatic rings. The van der Waals surface area contributed by atoms with Gasteiger partial charge in [-0.3, -0.25) is 4.79 Å². The first-order chi connectivity index (χ1) is 6.05. The Morgan fingerprint density at radius 3 is 1.71 bits per heavy atom. The highest BCUT2D eigenvalue weighted by Gasteiger charge is 2.54. The summed E-state index contributed by atoms with van der Waals surface area (Å²) in [6.07, 6.45) is 0. The Morgan fingerprint density at radius 1 is 1.14 bits per heavy atom. The topological polar surface area (TPSA) is 57.7 Å². The van der Waals surface area contributed by atoms with Gasteiger partial charge in [-0.25, -0.2) is 12.7 Å². The molecule has 84 valence electrons. The van der Waals surface area contributed by atoms with Crippen LogP contribution in [0.3, 0.4) is 0 Å². The van der Waals surface area contributed by atoms with Crippen LogP contribution in [0.2, 0.25) is 0 Å². The second-order valence-electron chi connectivity index (χ2n) is 3.00. The highest BCUT2D eigenvalue weighted by atomic mass is 32.2. The van der Waals surface area contributed by atoms with Crippen LogP contribution in [0.25, 0.3) is 0 Å². The molecule has 0 radical (unpaired) electrons. The molecule has 0 aliphatic carbocycles. The summed E-state index contributed by atoms with van der Waals surface area (Å²) >= 11 is 0. The zero-order valence-corrected chi connectivity index (χ0v) is 9.10. The van der Waals surface area contributed by atoms with E-state index in [0.717, 1.165) is 28.2 Å². The predicted molar refractivity (Wildman–Crippen MR) is 46.2 cm³/mol. The minimum Gasteiger partial charge on any atom is -0.343 e. The van der Waals surface area contributed by atoms with Crippen molar-refractivity contribution in [2.24, 2.45) is 0 Å². The van der Waals surface area contributed by atoms with Crippen molar-refractivity contribution in [3.8, 4) is 0 Å². The Balaban J connectivity index is 5.27. The fourth-order valence-electron chi connectivity index (χ4n) is 0.600. The molecular weight excluding hydrogens is 218 g/mol. The lowest BCUT2D eigenvalue weighted by Gasteiger charge is -2.22. The molecule has 0 saturated carbocycles. The number of hydrogen-bond acceptors (Lipinski definition) is 3. The van der Waals surface area contributed by atoms with Gasteiger partial charge in [-0.05, 0) is 0 Å². The van der Waals surface area contributed by atoms with E-state index in [4.69, 9.17) is 0 Å². The van der Waals surface area contributed by atoms with Gasteiger partial charge in [-0.15, -0.1) is 0 Å². The molecule has 0 aromatic heterocycles. The van der Waals surface area contributed by atoms with Gasteiger partial charge in [0.1, 0.15) is 0 Å². The van der Waals surface area contributed by atoms with Gasteiger partial charge in [0.05, 0.1) is 0 Å². The molecule has 0 N–H and O–H groups in total. The maximum atomic E-state index is 13.1. The van der Waals surface area contributed by atoms with Gasteiger partial charge in [-0.2, -0.15) is 8.78 Å². The molecule has 0 rings (SSSR count). The monoisotopic (exact) mass is 230 g/mol. The Labute approximate surface area is 81.3 Å². The third-order valence-electron chi connectivity index (χ3n) is 1.46. The van der Waals surface area contributed by atoms with Gasteiger partial charge in [0, 0.05) is 28.2 Å². The lowest BCUT2D eigenvalue weighted by Crippen LogP contribution is -2.49. The highest BCUT2D eigenvalue weighted by molar-refractivity contribution is 7.90. The number of nitrogens with zero attached hydrogens (tertiary/aromatic N) is 2. The number of carbonyl (C=O) groups is 1. The lowest BCUT2D eigenvalue weighted by atomic mass is 10.6. The van der Waals surface area contributed by atoms with Crippen molar-refractivity contribution in [1.29, 1.82) is 0 Å². The van der Waals surface area contributed by atoms with Gasteiger partial charge < -0.3 is 4.90 Å². The third-order valence-corrected chi connectivity index (χ3v) is 3.24. The van der Waals surface area contributed by atoms with Gasteiger partial charge in [0.15, 0.2) is 0 Å². The molecule has 8 heteroatoms. The average molecular weight is 230 g/mol. The molecule has 5 nitrogen and oxygen atoms in total. The average Bonchev–Trinajstić information content (AvgIpc) is 2.01. The van der Waals surface area contributed by atoms with Crippen LogP contribution in [0.15, 0.2) is 0 Å². The SMILES string of the molecule is CN(C)C(=O)C(F)(F)S(=O)(=O)N(C)C. The molecule has 0 unspecified atom stereocenters. The van der Waals surface area contributed by atoms with Crippen molar-refractivity contribution in [1.82, 2.24) is 9.21 Å². The summed E-state index contributed by atoms with van der Waals surface area (Å²) in [5.74, 6) is -1.76. The molecule has 0 aromatic carbocycles. The van der Waals surface area contributed by atoms with Gasteiger partial charge in [0.2, 0.25) is 0 Å². The van der Waals surface area contributed by atoms with Crippen LogP contribution in [0.1, 0.15) is 0 Å². The first-order valence-corrected chi connectivity index (χ1v) is 5.00. The van der Waals surface area contributed by atoms with Gasteiger partial charge >= 0.3 is 11.2 Å². The fraction of sp³-hybridized carbons (Fsp3) is 0.833. The standard InChI is InChI=1S/C6H12F2N2O3S/c1-9(2)5(11)6(7,8)14(12,13)10(3)4/h1-4H3. The number of halogens is 2. The van der Waals surface area contributed by atoms with E-state index in [1.165, 1.54) is 0 Å². The first kappa shape index (κ1) is 13.2. The van der Waals surface area contributed by atoms with Gasteiger partial charge in [0.25, 0.3) is 10.0 Å². The summed E-state index contributed by atoms with van der Waals surface area (Å²) in [5, 5.41) is -4.42. The number of alkyl halides is 2. The smallest absolute Gasteiger partial charge is 0.343 e. The number of sulfonamides is 1. The first-order valence-electron chi connectivity index (χ1n) is 3.56. The summed E-state index contributed by atoms with van der Waals surface area (Å²) in [6, 6.07) is 0. The van der Waals surface area contributed by atoms with E-state index >= 15 is 0 Å². The molecule has 0 aliphatic rings. The Bertz CT molecular complexity index is 324. The van der Waals surface area contributed by atoms with Crippen molar-refractivity contribution in [2.75, 3.05) is 28.2 Å². The van der Waals surface area contributed by atoms with E-state index in [0.29, 0.717) is 9.21 Å². The highest BCUT2D eigenvalue weighted by Crippen LogP contribution is 2.25. The van der Waals surface area contributed by atoms with Crippen molar-refractivity contribution in [3.63, 3.8) is 0 Å². The van der Waals surface area contributed by atoms with E-state index in [1.807, 2.05) is 0 Å².